The molecule has 7 aromatic rings. The van der Waals surface area contributed by atoms with Gasteiger partial charge in [-0.1, -0.05) is 48.5 Å². The summed E-state index contributed by atoms with van der Waals surface area (Å²) < 4.78 is 7.37. The quantitative estimate of drug-likeness (QED) is 0.215. The van der Waals surface area contributed by atoms with E-state index < -0.39 is 5.63 Å². The number of nitrogens with one attached hydrogen (secondary N) is 2. The minimum atomic E-state index is -0.462. The van der Waals surface area contributed by atoms with Crippen LogP contribution in [0.15, 0.2) is 98.2 Å². The number of aromatic nitrogens is 4. The van der Waals surface area contributed by atoms with E-state index in [1.54, 1.807) is 4.52 Å². The third-order valence-corrected chi connectivity index (χ3v) is 7.33. The lowest BCUT2D eigenvalue weighted by Gasteiger charge is -2.05. The molecule has 0 saturated heterocycles. The summed E-state index contributed by atoms with van der Waals surface area (Å²) in [7, 11) is 0. The molecule has 0 bridgehead atoms. The smallest absolute Gasteiger partial charge is 0.345 e. The predicted octanol–water partition coefficient (Wildman–Crippen LogP) is 6.12. The van der Waals surface area contributed by atoms with Gasteiger partial charge < -0.3 is 14.7 Å². The molecular weight excluding hydrogens is 498 g/mol. The van der Waals surface area contributed by atoms with Crippen molar-refractivity contribution in [1.29, 1.82) is 0 Å². The van der Waals surface area contributed by atoms with Crippen LogP contribution in [-0.2, 0) is 0 Å². The first-order valence-electron chi connectivity index (χ1n) is 11.9. The van der Waals surface area contributed by atoms with Gasteiger partial charge in [-0.25, -0.2) is 14.3 Å². The Morgan fingerprint density at radius 2 is 1.76 bits per heavy atom. The highest BCUT2D eigenvalue weighted by Gasteiger charge is 2.22. The summed E-state index contributed by atoms with van der Waals surface area (Å²) in [5, 5.41) is 13.4. The van der Waals surface area contributed by atoms with Crippen LogP contribution >= 0.6 is 11.3 Å². The Morgan fingerprint density at radius 1 is 0.947 bits per heavy atom. The summed E-state index contributed by atoms with van der Waals surface area (Å²) in [5.41, 5.74) is 3.38. The zero-order chi connectivity index (χ0) is 25.8. The van der Waals surface area contributed by atoms with Crippen molar-refractivity contribution in [3.05, 3.63) is 111 Å². The number of benzene rings is 3. The molecule has 4 heterocycles. The van der Waals surface area contributed by atoms with E-state index in [1.165, 1.54) is 17.4 Å². The van der Waals surface area contributed by atoms with Gasteiger partial charge in [0.15, 0.2) is 5.82 Å². The number of para-hydroxylation sites is 1. The van der Waals surface area contributed by atoms with E-state index in [1.807, 2.05) is 85.1 Å². The van der Waals surface area contributed by atoms with Gasteiger partial charge in [-0.3, -0.25) is 4.79 Å². The number of fused-ring (bicyclic) bond motifs is 4. The Hall–Kier alpha value is -5.02. The Morgan fingerprint density at radius 3 is 2.63 bits per heavy atom. The van der Waals surface area contributed by atoms with Crippen molar-refractivity contribution in [1.82, 2.24) is 19.6 Å². The molecule has 0 spiro atoms. The molecule has 2 N–H and O–H groups in total. The number of rotatable bonds is 4. The highest BCUT2D eigenvalue weighted by atomic mass is 32.1. The molecule has 8 nitrogen and oxygen atoms in total. The van der Waals surface area contributed by atoms with Crippen molar-refractivity contribution in [2.45, 2.75) is 6.92 Å². The van der Waals surface area contributed by atoms with Crippen LogP contribution in [0, 0.1) is 6.92 Å². The Bertz CT molecular complexity index is 2120. The van der Waals surface area contributed by atoms with Crippen LogP contribution < -0.4 is 16.5 Å². The number of aryl methyl sites for hydroxylation is 1. The van der Waals surface area contributed by atoms with E-state index in [4.69, 9.17) is 14.5 Å². The lowest BCUT2D eigenvalue weighted by molar-refractivity contribution is 0.563. The normalized spacial score (nSPS) is 11.5. The number of nitrogens with zero attached hydrogens (tertiary/aromatic N) is 3. The number of aromatic amines is 1. The van der Waals surface area contributed by atoms with Crippen molar-refractivity contribution in [2.75, 3.05) is 5.32 Å². The van der Waals surface area contributed by atoms with Gasteiger partial charge >= 0.3 is 5.63 Å². The Labute approximate surface area is 218 Å². The largest absolute Gasteiger partial charge is 0.422 e. The maximum absolute atomic E-state index is 13.0. The molecule has 0 fully saturated rings. The third kappa shape index (κ3) is 3.60. The van der Waals surface area contributed by atoms with Gasteiger partial charge in [-0.2, -0.15) is 0 Å². The molecule has 0 aliphatic heterocycles. The summed E-state index contributed by atoms with van der Waals surface area (Å²) >= 11 is 1.36. The van der Waals surface area contributed by atoms with E-state index in [0.717, 1.165) is 21.8 Å². The van der Waals surface area contributed by atoms with E-state index in [0.29, 0.717) is 44.6 Å². The standard InChI is InChI=1S/C29H19N5O3S/c1-16-13-24(35)32-27-25(26(33-34(16)27)30-18-8-3-2-4-9-18)28-31-22(15-38-28)21-14-20-19-10-6-5-7-17(19)11-12-23(20)37-29(21)36/h2-15H,1H3,(H,30,33)(H,32,35). The van der Waals surface area contributed by atoms with Gasteiger partial charge in [-0.05, 0) is 42.0 Å². The van der Waals surface area contributed by atoms with Crippen LogP contribution in [0.2, 0.25) is 0 Å². The Kier molecular flexibility index (Phi) is 4.98. The minimum absolute atomic E-state index is 0.235. The summed E-state index contributed by atoms with van der Waals surface area (Å²) in [5.74, 6) is 0.540. The van der Waals surface area contributed by atoms with Gasteiger partial charge in [0.1, 0.15) is 16.2 Å². The molecule has 7 rings (SSSR count). The van der Waals surface area contributed by atoms with Crippen LogP contribution in [0.5, 0.6) is 0 Å². The van der Waals surface area contributed by atoms with Crippen LogP contribution in [0.1, 0.15) is 5.69 Å². The average molecular weight is 518 g/mol. The van der Waals surface area contributed by atoms with Gasteiger partial charge in [0.05, 0.1) is 16.8 Å². The van der Waals surface area contributed by atoms with Crippen LogP contribution in [0.25, 0.3) is 49.2 Å². The molecule has 4 aromatic heterocycles. The lowest BCUT2D eigenvalue weighted by Crippen LogP contribution is -2.09. The third-order valence-electron chi connectivity index (χ3n) is 6.47. The number of thiazole rings is 1. The SMILES string of the molecule is Cc1cc(=O)[nH]c2c(-c3nc(-c4cc5c(ccc6ccccc65)oc4=O)cs3)c(Nc3ccccc3)nn12. The minimum Gasteiger partial charge on any atom is -0.422 e. The summed E-state index contributed by atoms with van der Waals surface area (Å²) in [6, 6.07) is 24.7. The molecule has 0 saturated carbocycles. The van der Waals surface area contributed by atoms with Crippen molar-refractivity contribution in [2.24, 2.45) is 0 Å². The van der Waals surface area contributed by atoms with Gasteiger partial charge in [0.25, 0.3) is 5.56 Å². The molecular formula is C29H19N5O3S. The van der Waals surface area contributed by atoms with E-state index in [-0.39, 0.29) is 5.56 Å². The predicted molar refractivity (Wildman–Crippen MR) is 150 cm³/mol. The maximum Gasteiger partial charge on any atom is 0.345 e. The van der Waals surface area contributed by atoms with Crippen molar-refractivity contribution in [3.63, 3.8) is 0 Å². The fourth-order valence-corrected chi connectivity index (χ4v) is 5.57. The molecule has 0 unspecified atom stereocenters. The number of hydrogen-bond acceptors (Lipinski definition) is 7. The highest BCUT2D eigenvalue weighted by Crippen LogP contribution is 2.37. The van der Waals surface area contributed by atoms with Gasteiger partial charge in [-0.15, -0.1) is 16.4 Å². The van der Waals surface area contributed by atoms with Crippen molar-refractivity contribution >= 4 is 50.2 Å². The maximum atomic E-state index is 13.0. The summed E-state index contributed by atoms with van der Waals surface area (Å²) in [6.45, 7) is 1.82. The second kappa shape index (κ2) is 8.53. The molecule has 0 atom stereocenters. The molecule has 0 aliphatic carbocycles. The van der Waals surface area contributed by atoms with Crippen LogP contribution in [0.3, 0.4) is 0 Å². The first-order valence-corrected chi connectivity index (χ1v) is 12.8. The molecule has 0 radical (unpaired) electrons. The zero-order valence-electron chi connectivity index (χ0n) is 20.1. The first-order chi connectivity index (χ1) is 18.5. The van der Waals surface area contributed by atoms with E-state index >= 15 is 0 Å². The molecule has 9 heteroatoms. The number of H-pyrrole nitrogens is 1. The number of anilines is 2. The molecule has 0 amide bonds. The highest BCUT2D eigenvalue weighted by molar-refractivity contribution is 7.13. The van der Waals surface area contributed by atoms with Crippen molar-refractivity contribution in [3.8, 4) is 21.8 Å². The van der Waals surface area contributed by atoms with E-state index in [9.17, 15) is 9.59 Å². The summed E-state index contributed by atoms with van der Waals surface area (Å²) in [6.07, 6.45) is 0. The second-order valence-electron chi connectivity index (χ2n) is 8.93. The second-order valence-corrected chi connectivity index (χ2v) is 9.79. The van der Waals surface area contributed by atoms with Crippen LogP contribution in [-0.4, -0.2) is 19.6 Å². The molecule has 3 aromatic carbocycles. The summed E-state index contributed by atoms with van der Waals surface area (Å²) in [4.78, 5) is 33.1. The fraction of sp³-hybridized carbons (Fsp3) is 0.0345. The first kappa shape index (κ1) is 22.2. The monoisotopic (exact) mass is 517 g/mol. The Balaban J connectivity index is 1.42. The topological polar surface area (TPSA) is 105 Å². The zero-order valence-corrected chi connectivity index (χ0v) is 20.9. The number of hydrogen-bond donors (Lipinski definition) is 2. The average Bonchev–Trinajstić information content (AvgIpc) is 3.53. The van der Waals surface area contributed by atoms with Crippen LogP contribution in [0.4, 0.5) is 11.5 Å². The van der Waals surface area contributed by atoms with Gasteiger partial charge in [0.2, 0.25) is 0 Å². The van der Waals surface area contributed by atoms with Crippen molar-refractivity contribution < 1.29 is 4.42 Å². The molecule has 0 aliphatic rings. The lowest BCUT2D eigenvalue weighted by atomic mass is 10.0. The fourth-order valence-electron chi connectivity index (χ4n) is 4.70. The molecule has 38 heavy (non-hydrogen) atoms. The molecule has 184 valence electrons. The van der Waals surface area contributed by atoms with Gasteiger partial charge in [0, 0.05) is 28.2 Å². The van der Waals surface area contributed by atoms with E-state index in [2.05, 4.69) is 10.3 Å².